The van der Waals surface area contributed by atoms with Crippen LogP contribution in [0.15, 0.2) is 0 Å². The van der Waals surface area contributed by atoms with Crippen LogP contribution >= 0.6 is 0 Å². The van der Waals surface area contributed by atoms with E-state index in [1.807, 2.05) is 6.92 Å². The van der Waals surface area contributed by atoms with Gasteiger partial charge in [0.1, 0.15) is 11.4 Å². The normalized spacial score (nSPS) is 22.2. The van der Waals surface area contributed by atoms with Crippen LogP contribution in [0.1, 0.15) is 56.0 Å². The predicted octanol–water partition coefficient (Wildman–Crippen LogP) is 1.23. The van der Waals surface area contributed by atoms with E-state index in [9.17, 15) is 14.7 Å². The molecule has 1 fully saturated rings. The quantitative estimate of drug-likeness (QED) is 0.845. The van der Waals surface area contributed by atoms with Gasteiger partial charge in [0, 0.05) is 13.0 Å². The second-order valence-corrected chi connectivity index (χ2v) is 5.11. The number of carbonyl (C=O) groups is 2. The topological polar surface area (TPSA) is 99.2 Å². The molecule has 1 aromatic heterocycles. The third-order valence-corrected chi connectivity index (χ3v) is 3.93. The first kappa shape index (κ1) is 14.5. The van der Waals surface area contributed by atoms with Crippen LogP contribution in [0.25, 0.3) is 0 Å². The summed E-state index contributed by atoms with van der Waals surface area (Å²) in [5.41, 5.74) is -1.11. The fourth-order valence-corrected chi connectivity index (χ4v) is 2.78. The fraction of sp³-hybridized carbons (Fsp3) is 0.692. The molecular weight excluding hydrogens is 260 g/mol. The maximum absolute atomic E-state index is 12.5. The Hall–Kier alpha value is -1.92. The van der Waals surface area contributed by atoms with E-state index < -0.39 is 17.4 Å². The van der Waals surface area contributed by atoms with Crippen LogP contribution in [0.5, 0.6) is 0 Å². The zero-order valence-corrected chi connectivity index (χ0v) is 11.8. The molecule has 2 heterocycles. The minimum Gasteiger partial charge on any atom is -0.479 e. The van der Waals surface area contributed by atoms with E-state index in [4.69, 9.17) is 0 Å². The van der Waals surface area contributed by atoms with Gasteiger partial charge in [-0.15, -0.1) is 5.10 Å². The molecule has 1 atom stereocenters. The third kappa shape index (κ3) is 2.28. The molecule has 110 valence electrons. The first-order chi connectivity index (χ1) is 9.55. The summed E-state index contributed by atoms with van der Waals surface area (Å²) in [6, 6.07) is 0. The molecule has 0 aliphatic carbocycles. The Morgan fingerprint density at radius 2 is 2.20 bits per heavy atom. The molecule has 1 unspecified atom stereocenters. The van der Waals surface area contributed by atoms with Gasteiger partial charge in [-0.2, -0.15) is 0 Å². The predicted molar refractivity (Wildman–Crippen MR) is 71.3 cm³/mol. The Kier molecular flexibility index (Phi) is 4.06. The van der Waals surface area contributed by atoms with Gasteiger partial charge in [-0.25, -0.2) is 9.78 Å². The molecule has 2 rings (SSSR count). The van der Waals surface area contributed by atoms with Gasteiger partial charge in [-0.1, -0.05) is 13.8 Å². The number of amides is 1. The molecular formula is C13H20N4O3. The number of carboxylic acid groups (broad SMARTS) is 1. The lowest BCUT2D eigenvalue weighted by atomic mass is 9.93. The van der Waals surface area contributed by atoms with Gasteiger partial charge in [0.25, 0.3) is 5.91 Å². The highest BCUT2D eigenvalue weighted by Gasteiger charge is 2.49. The lowest BCUT2D eigenvalue weighted by molar-refractivity contribution is -0.148. The number of carboxylic acids is 1. The molecule has 2 N–H and O–H groups in total. The number of nitrogens with zero attached hydrogens (tertiary/aromatic N) is 3. The van der Waals surface area contributed by atoms with Crippen molar-refractivity contribution in [3.8, 4) is 0 Å². The Bertz CT molecular complexity index is 513. The van der Waals surface area contributed by atoms with Crippen molar-refractivity contribution in [2.75, 3.05) is 6.54 Å². The van der Waals surface area contributed by atoms with Crippen molar-refractivity contribution in [1.82, 2.24) is 20.1 Å². The molecule has 1 saturated heterocycles. The van der Waals surface area contributed by atoms with Crippen molar-refractivity contribution in [1.29, 1.82) is 0 Å². The number of aryl methyl sites for hydroxylation is 1. The van der Waals surface area contributed by atoms with Crippen molar-refractivity contribution in [3.63, 3.8) is 0 Å². The highest BCUT2D eigenvalue weighted by atomic mass is 16.4. The number of carbonyl (C=O) groups excluding carboxylic acids is 1. The summed E-state index contributed by atoms with van der Waals surface area (Å²) < 4.78 is 0. The summed E-state index contributed by atoms with van der Waals surface area (Å²) in [6.07, 6.45) is 3.19. The number of aromatic amines is 1. The zero-order chi connectivity index (χ0) is 14.8. The molecule has 1 aliphatic heterocycles. The molecule has 20 heavy (non-hydrogen) atoms. The number of hydrogen-bond donors (Lipinski definition) is 2. The molecule has 1 aromatic rings. The monoisotopic (exact) mass is 280 g/mol. The summed E-state index contributed by atoms with van der Waals surface area (Å²) >= 11 is 0. The molecule has 0 saturated carbocycles. The van der Waals surface area contributed by atoms with Gasteiger partial charge < -0.3 is 10.0 Å². The van der Waals surface area contributed by atoms with E-state index in [0.717, 1.165) is 12.8 Å². The summed E-state index contributed by atoms with van der Waals surface area (Å²) in [4.78, 5) is 29.6. The molecule has 0 aromatic carbocycles. The number of rotatable bonds is 5. The van der Waals surface area contributed by atoms with Gasteiger partial charge >= 0.3 is 5.97 Å². The number of aromatic nitrogens is 3. The number of nitrogens with one attached hydrogen (secondary N) is 1. The van der Waals surface area contributed by atoms with Gasteiger partial charge in [0.2, 0.25) is 5.82 Å². The summed E-state index contributed by atoms with van der Waals surface area (Å²) in [7, 11) is 0. The smallest absolute Gasteiger partial charge is 0.329 e. The molecule has 7 heteroatoms. The molecule has 7 nitrogen and oxygen atoms in total. The summed E-state index contributed by atoms with van der Waals surface area (Å²) in [5, 5.41) is 16.1. The standard InChI is InChI=1S/C13H20N4O3/c1-3-6-9-14-10(16-15-9)11(18)17-8-5-7-13(17,4-2)12(19)20/h3-8H2,1-2H3,(H,19,20)(H,14,15,16). The number of aliphatic carboxylic acids is 1. The van der Waals surface area contributed by atoms with Crippen molar-refractivity contribution < 1.29 is 14.7 Å². The lowest BCUT2D eigenvalue weighted by Crippen LogP contribution is -2.52. The Morgan fingerprint density at radius 3 is 2.80 bits per heavy atom. The summed E-state index contributed by atoms with van der Waals surface area (Å²) in [6.45, 7) is 4.24. The van der Waals surface area contributed by atoms with Crippen LogP contribution in [0.4, 0.5) is 0 Å². The highest BCUT2D eigenvalue weighted by Crippen LogP contribution is 2.33. The number of likely N-dealkylation sites (tertiary alicyclic amines) is 1. The molecule has 0 bridgehead atoms. The zero-order valence-electron chi connectivity index (χ0n) is 11.8. The van der Waals surface area contributed by atoms with Crippen LogP contribution in [0.2, 0.25) is 0 Å². The van der Waals surface area contributed by atoms with E-state index in [1.54, 1.807) is 6.92 Å². The van der Waals surface area contributed by atoms with Crippen LogP contribution in [0.3, 0.4) is 0 Å². The van der Waals surface area contributed by atoms with Gasteiger partial charge in [-0.3, -0.25) is 9.89 Å². The van der Waals surface area contributed by atoms with E-state index >= 15 is 0 Å². The summed E-state index contributed by atoms with van der Waals surface area (Å²) in [5.74, 6) is -0.623. The first-order valence-corrected chi connectivity index (χ1v) is 7.01. The van der Waals surface area contributed by atoms with Crippen molar-refractivity contribution >= 4 is 11.9 Å². The minimum atomic E-state index is -1.11. The average Bonchev–Trinajstić information content (AvgIpc) is 3.05. The van der Waals surface area contributed by atoms with E-state index in [2.05, 4.69) is 15.2 Å². The number of H-pyrrole nitrogens is 1. The van der Waals surface area contributed by atoms with Crippen LogP contribution < -0.4 is 0 Å². The van der Waals surface area contributed by atoms with Gasteiger partial charge in [0.05, 0.1) is 0 Å². The fourth-order valence-electron chi connectivity index (χ4n) is 2.78. The highest BCUT2D eigenvalue weighted by molar-refractivity contribution is 5.95. The molecule has 0 radical (unpaired) electrons. The minimum absolute atomic E-state index is 0.0643. The van der Waals surface area contributed by atoms with Gasteiger partial charge in [0.15, 0.2) is 0 Å². The van der Waals surface area contributed by atoms with Crippen molar-refractivity contribution in [2.24, 2.45) is 0 Å². The largest absolute Gasteiger partial charge is 0.479 e. The van der Waals surface area contributed by atoms with E-state index in [1.165, 1.54) is 4.90 Å². The number of hydrogen-bond acceptors (Lipinski definition) is 4. The molecule has 1 aliphatic rings. The van der Waals surface area contributed by atoms with Gasteiger partial charge in [-0.05, 0) is 25.7 Å². The van der Waals surface area contributed by atoms with Crippen LogP contribution in [0, 0.1) is 0 Å². The molecule has 0 spiro atoms. The second kappa shape index (κ2) is 5.60. The van der Waals surface area contributed by atoms with E-state index in [0.29, 0.717) is 31.6 Å². The maximum atomic E-state index is 12.5. The maximum Gasteiger partial charge on any atom is 0.329 e. The first-order valence-electron chi connectivity index (χ1n) is 7.01. The van der Waals surface area contributed by atoms with Crippen molar-refractivity contribution in [2.45, 2.75) is 51.5 Å². The van der Waals surface area contributed by atoms with Crippen LogP contribution in [-0.4, -0.2) is 49.1 Å². The van der Waals surface area contributed by atoms with Crippen LogP contribution in [-0.2, 0) is 11.2 Å². The van der Waals surface area contributed by atoms with Crippen molar-refractivity contribution in [3.05, 3.63) is 11.6 Å². The Morgan fingerprint density at radius 1 is 1.45 bits per heavy atom. The Balaban J connectivity index is 2.24. The Labute approximate surface area is 117 Å². The molecule has 1 amide bonds. The third-order valence-electron chi connectivity index (χ3n) is 3.93. The lowest BCUT2D eigenvalue weighted by Gasteiger charge is -2.33. The van der Waals surface area contributed by atoms with E-state index in [-0.39, 0.29) is 5.82 Å². The second-order valence-electron chi connectivity index (χ2n) is 5.11. The SMILES string of the molecule is CCCc1nc(C(=O)N2CCCC2(CC)C(=O)O)n[nH]1. The average molecular weight is 280 g/mol.